The number of carbonyl (C=O) groups excluding carboxylic acids is 2. The largest absolute Gasteiger partial charge is 0.356 e. The Balaban J connectivity index is 0.00000180. The maximum absolute atomic E-state index is 11.7. The Hall–Kier alpha value is -0.810. The third-order valence-corrected chi connectivity index (χ3v) is 3.49. The lowest BCUT2D eigenvalue weighted by Crippen LogP contribution is -2.45. The average molecular weight is 290 g/mol. The fourth-order valence-electron chi connectivity index (χ4n) is 2.23. The molecule has 0 spiro atoms. The first-order valence-corrected chi connectivity index (χ1v) is 7.03. The fourth-order valence-corrected chi connectivity index (χ4v) is 2.23. The Bertz CT molecular complexity index is 302. The highest BCUT2D eigenvalue weighted by Crippen LogP contribution is 2.28. The van der Waals surface area contributed by atoms with Crippen molar-refractivity contribution in [3.63, 3.8) is 0 Å². The van der Waals surface area contributed by atoms with Crippen LogP contribution in [0.25, 0.3) is 0 Å². The van der Waals surface area contributed by atoms with Crippen LogP contribution in [-0.4, -0.2) is 37.5 Å². The molecule has 1 unspecified atom stereocenters. The van der Waals surface area contributed by atoms with Gasteiger partial charge in [-0.3, -0.25) is 9.59 Å². The van der Waals surface area contributed by atoms with Crippen LogP contribution in [0.2, 0.25) is 0 Å². The molecule has 1 saturated heterocycles. The average Bonchev–Trinajstić information content (AvgIpc) is 3.20. The summed E-state index contributed by atoms with van der Waals surface area (Å²) in [6.45, 7) is 2.55. The normalized spacial score (nSPS) is 22.2. The van der Waals surface area contributed by atoms with E-state index in [4.69, 9.17) is 0 Å². The molecule has 0 aromatic rings. The number of hydrogen-bond acceptors (Lipinski definition) is 3. The molecule has 19 heavy (non-hydrogen) atoms. The molecule has 5 nitrogen and oxygen atoms in total. The lowest BCUT2D eigenvalue weighted by atomic mass is 10.1. The zero-order valence-corrected chi connectivity index (χ0v) is 12.1. The van der Waals surface area contributed by atoms with E-state index in [1.165, 1.54) is 0 Å². The molecule has 0 bridgehead atoms. The Morgan fingerprint density at radius 3 is 2.63 bits per heavy atom. The van der Waals surface area contributed by atoms with Crippen molar-refractivity contribution < 1.29 is 9.59 Å². The molecule has 1 heterocycles. The van der Waals surface area contributed by atoms with Crippen molar-refractivity contribution >= 4 is 24.2 Å². The first kappa shape index (κ1) is 16.2. The van der Waals surface area contributed by atoms with Crippen molar-refractivity contribution in [3.05, 3.63) is 0 Å². The number of nitrogens with one attached hydrogen (secondary N) is 3. The lowest BCUT2D eigenvalue weighted by Gasteiger charge is -2.23. The standard InChI is InChI=1S/C13H23N3O2.ClH/c17-12(16-11-3-1-7-14-9-11)4-2-8-15-13(18)10-5-6-10;/h10-11,14H,1-9H2,(H,15,18)(H,16,17);1H. The SMILES string of the molecule is Cl.O=C(CCCNC(=O)C1CC1)NC1CCCNC1. The van der Waals surface area contributed by atoms with Gasteiger partial charge < -0.3 is 16.0 Å². The van der Waals surface area contributed by atoms with Gasteiger partial charge in [-0.1, -0.05) is 0 Å². The van der Waals surface area contributed by atoms with Crippen LogP contribution in [0.1, 0.15) is 38.5 Å². The van der Waals surface area contributed by atoms with Gasteiger partial charge in [-0.25, -0.2) is 0 Å². The summed E-state index contributed by atoms with van der Waals surface area (Å²) in [5, 5.41) is 9.17. The highest BCUT2D eigenvalue weighted by Gasteiger charge is 2.29. The zero-order valence-electron chi connectivity index (χ0n) is 11.2. The van der Waals surface area contributed by atoms with Crippen LogP contribution in [-0.2, 0) is 9.59 Å². The van der Waals surface area contributed by atoms with Crippen LogP contribution < -0.4 is 16.0 Å². The Morgan fingerprint density at radius 1 is 1.21 bits per heavy atom. The Labute approximate surface area is 120 Å². The van der Waals surface area contributed by atoms with Gasteiger partial charge in [0.15, 0.2) is 0 Å². The predicted molar refractivity (Wildman–Crippen MR) is 76.3 cm³/mol. The molecule has 2 fully saturated rings. The molecule has 6 heteroatoms. The third kappa shape index (κ3) is 6.25. The van der Waals surface area contributed by atoms with Crippen LogP contribution in [0.15, 0.2) is 0 Å². The summed E-state index contributed by atoms with van der Waals surface area (Å²) in [5.41, 5.74) is 0. The van der Waals surface area contributed by atoms with Gasteiger partial charge in [-0.15, -0.1) is 12.4 Å². The van der Waals surface area contributed by atoms with E-state index in [0.717, 1.165) is 45.2 Å². The quantitative estimate of drug-likeness (QED) is 0.627. The molecular formula is C13H24ClN3O2. The first-order chi connectivity index (χ1) is 8.75. The number of carbonyl (C=O) groups is 2. The van der Waals surface area contributed by atoms with Crippen LogP contribution in [0, 0.1) is 5.92 Å². The van der Waals surface area contributed by atoms with Gasteiger partial charge in [0, 0.05) is 31.5 Å². The summed E-state index contributed by atoms with van der Waals surface area (Å²) in [6, 6.07) is 0.285. The monoisotopic (exact) mass is 289 g/mol. The molecule has 1 saturated carbocycles. The van der Waals surface area contributed by atoms with Gasteiger partial charge in [-0.05, 0) is 38.6 Å². The summed E-state index contributed by atoms with van der Waals surface area (Å²) in [7, 11) is 0. The van der Waals surface area contributed by atoms with Crippen molar-refractivity contribution in [2.24, 2.45) is 5.92 Å². The predicted octanol–water partition coefficient (Wildman–Crippen LogP) is 0.583. The van der Waals surface area contributed by atoms with Gasteiger partial charge in [0.05, 0.1) is 0 Å². The minimum atomic E-state index is 0. The van der Waals surface area contributed by atoms with Crippen LogP contribution >= 0.6 is 12.4 Å². The number of piperidine rings is 1. The second-order valence-corrected chi connectivity index (χ2v) is 5.28. The molecular weight excluding hydrogens is 266 g/mol. The number of rotatable bonds is 6. The van der Waals surface area contributed by atoms with E-state index >= 15 is 0 Å². The van der Waals surface area contributed by atoms with E-state index in [1.807, 2.05) is 0 Å². The van der Waals surface area contributed by atoms with Crippen LogP contribution in [0.5, 0.6) is 0 Å². The second kappa shape index (κ2) is 8.38. The topological polar surface area (TPSA) is 70.2 Å². The van der Waals surface area contributed by atoms with Crippen molar-refractivity contribution in [3.8, 4) is 0 Å². The van der Waals surface area contributed by atoms with Crippen molar-refractivity contribution in [1.82, 2.24) is 16.0 Å². The Morgan fingerprint density at radius 2 is 2.00 bits per heavy atom. The minimum absolute atomic E-state index is 0. The fraction of sp³-hybridized carbons (Fsp3) is 0.846. The molecule has 2 aliphatic rings. The van der Waals surface area contributed by atoms with Gasteiger partial charge in [0.1, 0.15) is 0 Å². The van der Waals surface area contributed by atoms with Gasteiger partial charge >= 0.3 is 0 Å². The van der Waals surface area contributed by atoms with Crippen molar-refractivity contribution in [1.29, 1.82) is 0 Å². The first-order valence-electron chi connectivity index (χ1n) is 7.03. The Kier molecular flexibility index (Phi) is 7.16. The number of hydrogen-bond donors (Lipinski definition) is 3. The summed E-state index contributed by atoms with van der Waals surface area (Å²) in [4.78, 5) is 23.0. The summed E-state index contributed by atoms with van der Waals surface area (Å²) < 4.78 is 0. The van der Waals surface area contributed by atoms with Crippen LogP contribution in [0.4, 0.5) is 0 Å². The third-order valence-electron chi connectivity index (χ3n) is 3.49. The summed E-state index contributed by atoms with van der Waals surface area (Å²) in [6.07, 6.45) is 5.48. The highest BCUT2D eigenvalue weighted by molar-refractivity contribution is 5.85. The van der Waals surface area contributed by atoms with E-state index < -0.39 is 0 Å². The molecule has 1 aliphatic heterocycles. The molecule has 1 atom stereocenters. The molecule has 2 amide bonds. The maximum atomic E-state index is 11.7. The highest BCUT2D eigenvalue weighted by atomic mass is 35.5. The molecule has 110 valence electrons. The molecule has 3 N–H and O–H groups in total. The van der Waals surface area contributed by atoms with Crippen molar-refractivity contribution in [2.45, 2.75) is 44.6 Å². The molecule has 0 aromatic heterocycles. The summed E-state index contributed by atoms with van der Waals surface area (Å²) >= 11 is 0. The van der Waals surface area contributed by atoms with Crippen LogP contribution in [0.3, 0.4) is 0 Å². The maximum Gasteiger partial charge on any atom is 0.223 e. The second-order valence-electron chi connectivity index (χ2n) is 5.28. The van der Waals surface area contributed by atoms with Gasteiger partial charge in [-0.2, -0.15) is 0 Å². The van der Waals surface area contributed by atoms with E-state index in [-0.39, 0.29) is 36.2 Å². The molecule has 0 radical (unpaired) electrons. The number of amides is 2. The zero-order chi connectivity index (χ0) is 12.8. The van der Waals surface area contributed by atoms with Crippen molar-refractivity contribution in [2.75, 3.05) is 19.6 Å². The molecule has 0 aromatic carbocycles. The van der Waals surface area contributed by atoms with E-state index in [9.17, 15) is 9.59 Å². The minimum Gasteiger partial charge on any atom is -0.356 e. The van der Waals surface area contributed by atoms with Gasteiger partial charge in [0.2, 0.25) is 11.8 Å². The molecule has 2 rings (SSSR count). The number of halogens is 1. The van der Waals surface area contributed by atoms with E-state index in [1.54, 1.807) is 0 Å². The lowest BCUT2D eigenvalue weighted by molar-refractivity contribution is -0.124. The van der Waals surface area contributed by atoms with Gasteiger partial charge in [0.25, 0.3) is 0 Å². The molecule has 1 aliphatic carbocycles. The summed E-state index contributed by atoms with van der Waals surface area (Å²) in [5.74, 6) is 0.517. The van der Waals surface area contributed by atoms with E-state index in [2.05, 4.69) is 16.0 Å². The smallest absolute Gasteiger partial charge is 0.223 e. The van der Waals surface area contributed by atoms with E-state index in [0.29, 0.717) is 13.0 Å².